The minimum absolute atomic E-state index is 0.0986. The van der Waals surface area contributed by atoms with E-state index in [9.17, 15) is 9.59 Å². The third kappa shape index (κ3) is 5.76. The van der Waals surface area contributed by atoms with Gasteiger partial charge < -0.3 is 20.3 Å². The molecule has 1 saturated carbocycles. The summed E-state index contributed by atoms with van der Waals surface area (Å²) in [6.45, 7) is 6.48. The third-order valence-corrected chi connectivity index (χ3v) is 8.05. The maximum absolute atomic E-state index is 14.1. The highest BCUT2D eigenvalue weighted by Gasteiger charge is 2.40. The summed E-state index contributed by atoms with van der Waals surface area (Å²) in [4.78, 5) is 29.0. The van der Waals surface area contributed by atoms with E-state index in [1.54, 1.807) is 31.4 Å². The maximum Gasteiger partial charge on any atom is 0.255 e. The summed E-state index contributed by atoms with van der Waals surface area (Å²) in [5, 5.41) is 6.49. The molecule has 5 rings (SSSR count). The molecule has 1 aliphatic carbocycles. The Labute approximate surface area is 225 Å². The summed E-state index contributed by atoms with van der Waals surface area (Å²) in [7, 11) is 1.60. The van der Waals surface area contributed by atoms with Gasteiger partial charge in [-0.3, -0.25) is 9.59 Å². The largest absolute Gasteiger partial charge is 0.497 e. The summed E-state index contributed by atoms with van der Waals surface area (Å²) in [6.07, 6.45) is 3.04. The first-order valence-corrected chi connectivity index (χ1v) is 13.6. The van der Waals surface area contributed by atoms with Crippen molar-refractivity contribution in [2.24, 2.45) is 5.92 Å². The second-order valence-electron chi connectivity index (χ2n) is 10.6. The van der Waals surface area contributed by atoms with Crippen LogP contribution in [0.5, 0.6) is 5.75 Å². The predicted molar refractivity (Wildman–Crippen MR) is 151 cm³/mol. The Hall–Kier alpha value is -3.64. The fraction of sp³-hybridized carbons (Fsp3) is 0.375. The van der Waals surface area contributed by atoms with Crippen molar-refractivity contribution >= 4 is 17.5 Å². The molecule has 2 fully saturated rings. The van der Waals surface area contributed by atoms with E-state index >= 15 is 0 Å². The van der Waals surface area contributed by atoms with Gasteiger partial charge >= 0.3 is 0 Å². The lowest BCUT2D eigenvalue weighted by atomic mass is 9.80. The van der Waals surface area contributed by atoms with Crippen LogP contribution < -0.4 is 15.4 Å². The van der Waals surface area contributed by atoms with Crippen LogP contribution in [0.3, 0.4) is 0 Å². The standard InChI is InChI=1S/C32H37N3O3/c1-21-6-4-8-25(22(21)2)20-35(27-12-13-27)32(37)30-19-33-17-16-29(30)24-7-5-9-26(18-24)34-31(36)23-10-14-28(38-3)15-11-23/h4-11,14-15,18,27,29-30,33H,12-13,16-17,19-20H2,1-3H3,(H,34,36)/t29-,30+/m1/s1. The molecule has 0 unspecified atom stereocenters. The number of carbonyl (C=O) groups excluding carboxylic acids is 2. The zero-order valence-electron chi connectivity index (χ0n) is 22.5. The highest BCUT2D eigenvalue weighted by atomic mass is 16.5. The topological polar surface area (TPSA) is 70.7 Å². The Morgan fingerprint density at radius 1 is 1.00 bits per heavy atom. The molecule has 6 heteroatoms. The molecule has 6 nitrogen and oxygen atoms in total. The molecule has 0 bridgehead atoms. The molecule has 1 saturated heterocycles. The predicted octanol–water partition coefficient (Wildman–Crippen LogP) is 5.45. The summed E-state index contributed by atoms with van der Waals surface area (Å²) < 4.78 is 5.19. The normalized spacial score (nSPS) is 19.0. The number of amides is 2. The van der Waals surface area contributed by atoms with Gasteiger partial charge in [-0.2, -0.15) is 0 Å². The fourth-order valence-corrected chi connectivity index (χ4v) is 5.46. The number of hydrogen-bond acceptors (Lipinski definition) is 4. The monoisotopic (exact) mass is 511 g/mol. The van der Waals surface area contributed by atoms with Gasteiger partial charge in [-0.15, -0.1) is 0 Å². The zero-order valence-corrected chi connectivity index (χ0v) is 22.5. The minimum Gasteiger partial charge on any atom is -0.497 e. The van der Waals surface area contributed by atoms with Crippen LogP contribution in [-0.4, -0.2) is 43.0 Å². The summed E-state index contributed by atoms with van der Waals surface area (Å²) in [5.41, 5.74) is 6.16. The van der Waals surface area contributed by atoms with Gasteiger partial charge in [0.1, 0.15) is 5.75 Å². The van der Waals surface area contributed by atoms with E-state index in [4.69, 9.17) is 4.74 Å². The average molecular weight is 512 g/mol. The van der Waals surface area contributed by atoms with Gasteiger partial charge in [0.2, 0.25) is 5.91 Å². The number of piperidine rings is 1. The Kier molecular flexibility index (Phi) is 7.79. The van der Waals surface area contributed by atoms with E-state index < -0.39 is 0 Å². The van der Waals surface area contributed by atoms with Crippen molar-refractivity contribution in [2.75, 3.05) is 25.5 Å². The first-order valence-electron chi connectivity index (χ1n) is 13.6. The van der Waals surface area contributed by atoms with Crippen LogP contribution in [-0.2, 0) is 11.3 Å². The van der Waals surface area contributed by atoms with Crippen LogP contribution in [0.15, 0.2) is 66.7 Å². The van der Waals surface area contributed by atoms with Gasteiger partial charge in [-0.25, -0.2) is 0 Å². The lowest BCUT2D eigenvalue weighted by molar-refractivity contribution is -0.138. The van der Waals surface area contributed by atoms with Crippen molar-refractivity contribution in [1.29, 1.82) is 0 Å². The van der Waals surface area contributed by atoms with Crippen molar-refractivity contribution < 1.29 is 14.3 Å². The lowest BCUT2D eigenvalue weighted by Crippen LogP contribution is -2.47. The number of methoxy groups -OCH3 is 1. The first-order chi connectivity index (χ1) is 18.4. The fourth-order valence-electron chi connectivity index (χ4n) is 5.46. The molecule has 0 aromatic heterocycles. The van der Waals surface area contributed by atoms with Crippen molar-refractivity contribution in [1.82, 2.24) is 10.2 Å². The third-order valence-electron chi connectivity index (χ3n) is 8.05. The Balaban J connectivity index is 1.34. The Morgan fingerprint density at radius 2 is 1.76 bits per heavy atom. The Morgan fingerprint density at radius 3 is 2.50 bits per heavy atom. The van der Waals surface area contributed by atoms with E-state index in [0.29, 0.717) is 30.4 Å². The van der Waals surface area contributed by atoms with E-state index in [1.807, 2.05) is 18.2 Å². The van der Waals surface area contributed by atoms with E-state index in [1.165, 1.54) is 16.7 Å². The maximum atomic E-state index is 14.1. The van der Waals surface area contributed by atoms with Gasteiger partial charge in [0, 0.05) is 30.4 Å². The van der Waals surface area contributed by atoms with Crippen LogP contribution in [0.2, 0.25) is 0 Å². The molecule has 1 heterocycles. The number of rotatable bonds is 8. The molecule has 3 aromatic carbocycles. The number of nitrogens with one attached hydrogen (secondary N) is 2. The molecule has 2 atom stereocenters. The molecule has 2 amide bonds. The van der Waals surface area contributed by atoms with Crippen LogP contribution in [0, 0.1) is 19.8 Å². The number of anilines is 1. The summed E-state index contributed by atoms with van der Waals surface area (Å²) >= 11 is 0. The van der Waals surface area contributed by atoms with Crippen LogP contribution in [0.4, 0.5) is 5.69 Å². The van der Waals surface area contributed by atoms with Gasteiger partial charge in [0.15, 0.2) is 0 Å². The molecule has 0 radical (unpaired) electrons. The van der Waals surface area contributed by atoms with E-state index in [2.05, 4.69) is 53.6 Å². The summed E-state index contributed by atoms with van der Waals surface area (Å²) in [5.74, 6) is 0.737. The zero-order chi connectivity index (χ0) is 26.6. The van der Waals surface area contributed by atoms with Crippen molar-refractivity contribution in [2.45, 2.75) is 51.6 Å². The molecule has 198 valence electrons. The molecular formula is C32H37N3O3. The van der Waals surface area contributed by atoms with Crippen LogP contribution in [0.1, 0.15) is 57.8 Å². The summed E-state index contributed by atoms with van der Waals surface area (Å²) in [6, 6.07) is 21.8. The number of hydrogen-bond donors (Lipinski definition) is 2. The number of benzene rings is 3. The van der Waals surface area contributed by atoms with Gasteiger partial charge in [-0.05, 0) is 104 Å². The van der Waals surface area contributed by atoms with Crippen LogP contribution >= 0.6 is 0 Å². The number of carbonyl (C=O) groups is 2. The van der Waals surface area contributed by atoms with E-state index in [-0.39, 0.29) is 23.7 Å². The minimum atomic E-state index is -0.170. The number of nitrogens with zero attached hydrogens (tertiary/aromatic N) is 1. The first kappa shape index (κ1) is 26.0. The molecule has 2 N–H and O–H groups in total. The van der Waals surface area contributed by atoms with E-state index in [0.717, 1.165) is 37.1 Å². The Bertz CT molecular complexity index is 1300. The molecule has 0 spiro atoms. The highest BCUT2D eigenvalue weighted by molar-refractivity contribution is 6.04. The average Bonchev–Trinajstić information content (AvgIpc) is 3.79. The second kappa shape index (κ2) is 11.4. The SMILES string of the molecule is COc1ccc(C(=O)Nc2cccc([C@H]3CCNC[C@@H]3C(=O)N(Cc3cccc(C)c3C)C3CC3)c2)cc1. The van der Waals surface area contributed by atoms with Crippen molar-refractivity contribution in [3.05, 3.63) is 94.5 Å². The molecule has 38 heavy (non-hydrogen) atoms. The highest BCUT2D eigenvalue weighted by Crippen LogP contribution is 2.37. The van der Waals surface area contributed by atoms with Crippen molar-refractivity contribution in [3.63, 3.8) is 0 Å². The van der Waals surface area contributed by atoms with Crippen molar-refractivity contribution in [3.8, 4) is 5.75 Å². The molecular weight excluding hydrogens is 474 g/mol. The second-order valence-corrected chi connectivity index (χ2v) is 10.6. The molecule has 1 aliphatic heterocycles. The number of ether oxygens (including phenoxy) is 1. The van der Waals surface area contributed by atoms with Gasteiger partial charge in [0.05, 0.1) is 13.0 Å². The number of aryl methyl sites for hydroxylation is 1. The van der Waals surface area contributed by atoms with Crippen LogP contribution in [0.25, 0.3) is 0 Å². The molecule has 3 aromatic rings. The smallest absolute Gasteiger partial charge is 0.255 e. The van der Waals surface area contributed by atoms with Gasteiger partial charge in [-0.1, -0.05) is 30.3 Å². The quantitative estimate of drug-likeness (QED) is 0.422. The van der Waals surface area contributed by atoms with Gasteiger partial charge in [0.25, 0.3) is 5.91 Å². The lowest BCUT2D eigenvalue weighted by Gasteiger charge is -2.36. The molecule has 2 aliphatic rings.